The average Bonchev–Trinajstić information content (AvgIpc) is 3.01. The van der Waals surface area contributed by atoms with Gasteiger partial charge in [0.25, 0.3) is 0 Å². The van der Waals surface area contributed by atoms with Crippen molar-refractivity contribution in [3.05, 3.63) is 45.7 Å². The number of benzene rings is 1. The van der Waals surface area contributed by atoms with Crippen LogP contribution in [0.15, 0.2) is 27.7 Å². The minimum Gasteiger partial charge on any atom is -0.357 e. The summed E-state index contributed by atoms with van der Waals surface area (Å²) >= 11 is 3.28. The molecule has 0 saturated heterocycles. The number of hydrogen-bond acceptors (Lipinski definition) is 3. The van der Waals surface area contributed by atoms with Crippen molar-refractivity contribution >= 4 is 21.9 Å². The fraction of sp³-hybridized carbons (Fsp3) is 0.526. The quantitative estimate of drug-likeness (QED) is 0.413. The van der Waals surface area contributed by atoms with Crippen molar-refractivity contribution in [3.63, 3.8) is 0 Å². The van der Waals surface area contributed by atoms with Crippen molar-refractivity contribution in [1.82, 2.24) is 25.4 Å². The van der Waals surface area contributed by atoms with Crippen molar-refractivity contribution in [2.24, 2.45) is 4.99 Å². The molecule has 0 fully saturated rings. The number of guanidine groups is 1. The van der Waals surface area contributed by atoms with E-state index in [9.17, 15) is 4.39 Å². The molecular weight excluding hydrogens is 411 g/mol. The Morgan fingerprint density at radius 3 is 3.07 bits per heavy atom. The highest BCUT2D eigenvalue weighted by Gasteiger charge is 2.24. The van der Waals surface area contributed by atoms with E-state index < -0.39 is 0 Å². The molecule has 1 aromatic carbocycles. The summed E-state index contributed by atoms with van der Waals surface area (Å²) in [5, 5.41) is 11.2. The highest BCUT2D eigenvalue weighted by Crippen LogP contribution is 2.22. The normalized spacial score (nSPS) is 16.9. The Hall–Kier alpha value is -1.96. The zero-order chi connectivity index (χ0) is 19.2. The number of nitrogens with one attached hydrogen (secondary N) is 2. The highest BCUT2D eigenvalue weighted by molar-refractivity contribution is 9.10. The van der Waals surface area contributed by atoms with Gasteiger partial charge in [-0.2, -0.15) is 5.10 Å². The molecule has 6 nitrogen and oxygen atoms in total. The maximum Gasteiger partial charge on any atom is 0.191 e. The van der Waals surface area contributed by atoms with Gasteiger partial charge in [0.05, 0.1) is 6.04 Å². The minimum absolute atomic E-state index is 0.113. The second-order valence-electron chi connectivity index (χ2n) is 6.68. The molecule has 146 valence electrons. The van der Waals surface area contributed by atoms with Crippen molar-refractivity contribution in [2.75, 3.05) is 13.1 Å². The molecule has 27 heavy (non-hydrogen) atoms. The standard InChI is InChI=1S/C19H26BrFN6/c1-3-22-19(23-10-4-6-14-8-9-15(20)12-16(14)21)25-17-7-5-11-27-18(17)24-13(2)26-27/h8-9,12,17H,3-7,10-11H2,1-2H3,(H2,22,23,25). The number of fused-ring (bicyclic) bond motifs is 1. The molecule has 0 radical (unpaired) electrons. The number of aromatic nitrogens is 3. The third-order valence-electron chi connectivity index (χ3n) is 4.53. The molecule has 0 bridgehead atoms. The molecule has 2 heterocycles. The van der Waals surface area contributed by atoms with E-state index in [4.69, 9.17) is 0 Å². The fourth-order valence-electron chi connectivity index (χ4n) is 3.27. The van der Waals surface area contributed by atoms with Crippen LogP contribution in [-0.4, -0.2) is 33.8 Å². The third-order valence-corrected chi connectivity index (χ3v) is 5.02. The van der Waals surface area contributed by atoms with E-state index in [1.165, 1.54) is 6.07 Å². The second-order valence-corrected chi connectivity index (χ2v) is 7.60. The molecule has 2 N–H and O–H groups in total. The Bertz CT molecular complexity index is 803. The average molecular weight is 437 g/mol. The molecule has 0 spiro atoms. The van der Waals surface area contributed by atoms with Crippen LogP contribution in [0.5, 0.6) is 0 Å². The second kappa shape index (κ2) is 9.30. The van der Waals surface area contributed by atoms with Gasteiger partial charge in [0.2, 0.25) is 0 Å². The smallest absolute Gasteiger partial charge is 0.191 e. The summed E-state index contributed by atoms with van der Waals surface area (Å²) in [4.78, 5) is 9.21. The molecule has 0 amide bonds. The summed E-state index contributed by atoms with van der Waals surface area (Å²) in [5.41, 5.74) is 0.724. The Morgan fingerprint density at radius 1 is 1.44 bits per heavy atom. The number of nitrogens with zero attached hydrogens (tertiary/aromatic N) is 4. The van der Waals surface area contributed by atoms with Crippen LogP contribution in [0, 0.1) is 12.7 Å². The van der Waals surface area contributed by atoms with Crippen LogP contribution in [0.2, 0.25) is 0 Å². The van der Waals surface area contributed by atoms with E-state index in [1.54, 1.807) is 0 Å². The molecule has 0 aliphatic carbocycles. The predicted octanol–water partition coefficient (Wildman–Crippen LogP) is 3.51. The summed E-state index contributed by atoms with van der Waals surface area (Å²) in [5.74, 6) is 2.38. The van der Waals surface area contributed by atoms with Crippen molar-refractivity contribution in [1.29, 1.82) is 0 Å². The van der Waals surface area contributed by atoms with Gasteiger partial charge in [0, 0.05) is 24.1 Å². The van der Waals surface area contributed by atoms with Crippen LogP contribution in [0.3, 0.4) is 0 Å². The summed E-state index contributed by atoms with van der Waals surface area (Å²) in [6.07, 6.45) is 3.52. The molecule has 1 atom stereocenters. The van der Waals surface area contributed by atoms with Crippen LogP contribution >= 0.6 is 15.9 Å². The van der Waals surface area contributed by atoms with Gasteiger partial charge < -0.3 is 10.6 Å². The van der Waals surface area contributed by atoms with Crippen molar-refractivity contribution < 1.29 is 4.39 Å². The maximum atomic E-state index is 13.9. The summed E-state index contributed by atoms with van der Waals surface area (Å²) in [7, 11) is 0. The monoisotopic (exact) mass is 436 g/mol. The molecule has 0 saturated carbocycles. The zero-order valence-electron chi connectivity index (χ0n) is 15.8. The number of hydrogen-bond donors (Lipinski definition) is 2. The fourth-order valence-corrected chi connectivity index (χ4v) is 3.61. The number of aryl methyl sites for hydroxylation is 3. The van der Waals surface area contributed by atoms with E-state index >= 15 is 0 Å². The van der Waals surface area contributed by atoms with Crippen LogP contribution in [0.4, 0.5) is 4.39 Å². The first-order chi connectivity index (χ1) is 13.1. The lowest BCUT2D eigenvalue weighted by molar-refractivity contribution is 0.397. The van der Waals surface area contributed by atoms with E-state index in [0.717, 1.165) is 60.0 Å². The summed E-state index contributed by atoms with van der Waals surface area (Å²) < 4.78 is 16.6. The Kier molecular flexibility index (Phi) is 6.82. The lowest BCUT2D eigenvalue weighted by Gasteiger charge is -2.25. The van der Waals surface area contributed by atoms with E-state index in [-0.39, 0.29) is 11.9 Å². The Labute approximate surface area is 167 Å². The lowest BCUT2D eigenvalue weighted by atomic mass is 10.1. The van der Waals surface area contributed by atoms with Gasteiger partial charge in [-0.3, -0.25) is 4.99 Å². The van der Waals surface area contributed by atoms with Crippen LogP contribution in [-0.2, 0) is 13.0 Å². The van der Waals surface area contributed by atoms with Crippen LogP contribution in [0.1, 0.15) is 49.4 Å². The number of halogens is 2. The van der Waals surface area contributed by atoms with Crippen LogP contribution in [0.25, 0.3) is 0 Å². The predicted molar refractivity (Wildman–Crippen MR) is 108 cm³/mol. The van der Waals surface area contributed by atoms with Gasteiger partial charge in [0.15, 0.2) is 5.96 Å². The van der Waals surface area contributed by atoms with E-state index in [1.807, 2.05) is 30.7 Å². The number of aliphatic imine (C=N–C) groups is 1. The molecule has 1 unspecified atom stereocenters. The van der Waals surface area contributed by atoms with Crippen LogP contribution < -0.4 is 10.6 Å². The zero-order valence-corrected chi connectivity index (χ0v) is 17.4. The third kappa shape index (κ3) is 5.28. The van der Waals surface area contributed by atoms with Crippen molar-refractivity contribution in [3.8, 4) is 0 Å². The summed E-state index contributed by atoms with van der Waals surface area (Å²) in [6.45, 7) is 6.29. The van der Waals surface area contributed by atoms with E-state index in [2.05, 4.69) is 41.6 Å². The molecule has 1 aliphatic heterocycles. The van der Waals surface area contributed by atoms with E-state index in [0.29, 0.717) is 13.0 Å². The van der Waals surface area contributed by atoms with Crippen molar-refractivity contribution in [2.45, 2.75) is 52.1 Å². The van der Waals surface area contributed by atoms with Gasteiger partial charge in [-0.1, -0.05) is 22.0 Å². The lowest BCUT2D eigenvalue weighted by Crippen LogP contribution is -2.41. The maximum absolute atomic E-state index is 13.9. The highest BCUT2D eigenvalue weighted by atomic mass is 79.9. The SMILES string of the molecule is CCNC(=NCCCc1ccc(Br)cc1F)NC1CCCn2nc(C)nc21. The van der Waals surface area contributed by atoms with Gasteiger partial charge in [-0.05, 0) is 57.2 Å². The first kappa shape index (κ1) is 19.8. The largest absolute Gasteiger partial charge is 0.357 e. The molecule has 1 aliphatic rings. The number of rotatable bonds is 6. The van der Waals surface area contributed by atoms with Gasteiger partial charge >= 0.3 is 0 Å². The molecule has 8 heteroatoms. The molecule has 1 aromatic heterocycles. The molecule has 3 rings (SSSR count). The molecular formula is C19H26BrFN6. The first-order valence-electron chi connectivity index (χ1n) is 9.47. The Morgan fingerprint density at radius 2 is 2.30 bits per heavy atom. The first-order valence-corrected chi connectivity index (χ1v) is 10.3. The van der Waals surface area contributed by atoms with Gasteiger partial charge in [-0.15, -0.1) is 0 Å². The topological polar surface area (TPSA) is 67.1 Å². The minimum atomic E-state index is -0.171. The Balaban J connectivity index is 1.58. The van der Waals surface area contributed by atoms with Gasteiger partial charge in [-0.25, -0.2) is 14.1 Å². The molecule has 2 aromatic rings. The summed E-state index contributed by atoms with van der Waals surface area (Å²) in [6, 6.07) is 5.31. The van der Waals surface area contributed by atoms with Gasteiger partial charge in [0.1, 0.15) is 17.5 Å².